The SMILES string of the molecule is CCNC(=NCc1ccc(-n2nc(C)cc2C)nc1)NCCSC.I. The molecule has 2 aromatic rings. The predicted molar refractivity (Wildman–Crippen MR) is 117 cm³/mol. The third-order valence-electron chi connectivity index (χ3n) is 3.40. The smallest absolute Gasteiger partial charge is 0.191 e. The van der Waals surface area contributed by atoms with Gasteiger partial charge >= 0.3 is 0 Å². The lowest BCUT2D eigenvalue weighted by Crippen LogP contribution is -2.38. The van der Waals surface area contributed by atoms with Gasteiger partial charge in [-0.3, -0.25) is 0 Å². The fourth-order valence-electron chi connectivity index (χ4n) is 2.28. The van der Waals surface area contributed by atoms with Crippen molar-refractivity contribution in [3.8, 4) is 5.82 Å². The first kappa shape index (κ1) is 21.8. The van der Waals surface area contributed by atoms with Gasteiger partial charge in [-0.25, -0.2) is 14.7 Å². The third kappa shape index (κ3) is 6.85. The number of guanidine groups is 1. The second kappa shape index (κ2) is 11.3. The van der Waals surface area contributed by atoms with Crippen LogP contribution in [-0.2, 0) is 6.54 Å². The van der Waals surface area contributed by atoms with E-state index in [4.69, 9.17) is 0 Å². The van der Waals surface area contributed by atoms with Gasteiger partial charge in [-0.2, -0.15) is 16.9 Å². The molecule has 0 aliphatic rings. The monoisotopic (exact) mass is 474 g/mol. The summed E-state index contributed by atoms with van der Waals surface area (Å²) in [6, 6.07) is 6.08. The lowest BCUT2D eigenvalue weighted by atomic mass is 10.3. The molecule has 2 heterocycles. The third-order valence-corrected chi connectivity index (χ3v) is 4.01. The molecule has 2 rings (SSSR count). The molecule has 0 aliphatic carbocycles. The summed E-state index contributed by atoms with van der Waals surface area (Å²) in [4.78, 5) is 9.11. The number of aryl methyl sites for hydroxylation is 2. The fourth-order valence-corrected chi connectivity index (χ4v) is 2.59. The van der Waals surface area contributed by atoms with Gasteiger partial charge in [0.05, 0.1) is 12.2 Å². The molecule has 8 heteroatoms. The lowest BCUT2D eigenvalue weighted by molar-refractivity contribution is 0.802. The Morgan fingerprint density at radius 1 is 1.28 bits per heavy atom. The standard InChI is InChI=1S/C17H26N6S.HI/c1-5-18-17(19-8-9-24-4)21-12-15-6-7-16(20-11-15)23-14(3)10-13(2)22-23;/h6-7,10-11H,5,8-9,12H2,1-4H3,(H2,18,19,21);1H. The van der Waals surface area contributed by atoms with E-state index in [-0.39, 0.29) is 24.0 Å². The molecule has 138 valence electrons. The zero-order chi connectivity index (χ0) is 17.4. The molecule has 6 nitrogen and oxygen atoms in total. The van der Waals surface area contributed by atoms with Gasteiger partial charge in [0.1, 0.15) is 0 Å². The molecule has 0 saturated carbocycles. The van der Waals surface area contributed by atoms with Gasteiger partial charge in [0.15, 0.2) is 11.8 Å². The van der Waals surface area contributed by atoms with Crippen LogP contribution < -0.4 is 10.6 Å². The largest absolute Gasteiger partial charge is 0.357 e. The number of aliphatic imine (C=N–C) groups is 1. The Labute approximate surface area is 171 Å². The number of nitrogens with one attached hydrogen (secondary N) is 2. The molecular formula is C17H27IN6S. The van der Waals surface area contributed by atoms with Crippen LogP contribution in [0.2, 0.25) is 0 Å². The van der Waals surface area contributed by atoms with Crippen LogP contribution in [0.1, 0.15) is 23.9 Å². The highest BCUT2D eigenvalue weighted by molar-refractivity contribution is 14.0. The summed E-state index contributed by atoms with van der Waals surface area (Å²) in [5.74, 6) is 2.73. The van der Waals surface area contributed by atoms with Crippen molar-refractivity contribution in [3.05, 3.63) is 41.3 Å². The first-order valence-corrected chi connectivity index (χ1v) is 9.53. The number of hydrogen-bond acceptors (Lipinski definition) is 4. The van der Waals surface area contributed by atoms with E-state index in [1.165, 1.54) is 0 Å². The van der Waals surface area contributed by atoms with Gasteiger partial charge in [0.25, 0.3) is 0 Å². The summed E-state index contributed by atoms with van der Waals surface area (Å²) >= 11 is 1.81. The van der Waals surface area contributed by atoms with Crippen LogP contribution in [0.3, 0.4) is 0 Å². The second-order valence-corrected chi connectivity index (χ2v) is 6.46. The molecule has 0 atom stereocenters. The van der Waals surface area contributed by atoms with Crippen molar-refractivity contribution in [2.24, 2.45) is 4.99 Å². The molecule has 0 saturated heterocycles. The van der Waals surface area contributed by atoms with Crippen molar-refractivity contribution in [3.63, 3.8) is 0 Å². The molecule has 0 aromatic carbocycles. The molecule has 0 amide bonds. The maximum atomic E-state index is 4.60. The summed E-state index contributed by atoms with van der Waals surface area (Å²) in [5.41, 5.74) is 3.15. The van der Waals surface area contributed by atoms with E-state index in [1.807, 2.05) is 54.7 Å². The summed E-state index contributed by atoms with van der Waals surface area (Å²) in [6.45, 7) is 8.43. The minimum absolute atomic E-state index is 0. The Hall–Kier alpha value is -1.29. The molecule has 0 aliphatic heterocycles. The summed E-state index contributed by atoms with van der Waals surface area (Å²) in [7, 11) is 0. The molecule has 0 unspecified atom stereocenters. The highest BCUT2D eigenvalue weighted by Crippen LogP contribution is 2.10. The van der Waals surface area contributed by atoms with E-state index < -0.39 is 0 Å². The van der Waals surface area contributed by atoms with Crippen molar-refractivity contribution in [2.45, 2.75) is 27.3 Å². The van der Waals surface area contributed by atoms with Crippen LogP contribution in [0.25, 0.3) is 5.82 Å². The molecule has 0 radical (unpaired) electrons. The Balaban J connectivity index is 0.00000312. The van der Waals surface area contributed by atoms with Crippen molar-refractivity contribution < 1.29 is 0 Å². The minimum atomic E-state index is 0. The van der Waals surface area contributed by atoms with E-state index in [2.05, 4.69) is 38.9 Å². The van der Waals surface area contributed by atoms with Crippen LogP contribution in [0, 0.1) is 13.8 Å². The van der Waals surface area contributed by atoms with E-state index in [0.717, 1.165) is 47.6 Å². The van der Waals surface area contributed by atoms with Crippen LogP contribution in [-0.4, -0.2) is 45.8 Å². The van der Waals surface area contributed by atoms with Crippen molar-refractivity contribution in [1.82, 2.24) is 25.4 Å². The van der Waals surface area contributed by atoms with E-state index in [9.17, 15) is 0 Å². The lowest BCUT2D eigenvalue weighted by Gasteiger charge is -2.10. The molecule has 2 N–H and O–H groups in total. The van der Waals surface area contributed by atoms with Gasteiger partial charge in [-0.05, 0) is 44.7 Å². The average Bonchev–Trinajstić information content (AvgIpc) is 2.92. The van der Waals surface area contributed by atoms with Gasteiger partial charge in [0, 0.05) is 30.7 Å². The number of rotatable bonds is 7. The zero-order valence-corrected chi connectivity index (χ0v) is 18.4. The van der Waals surface area contributed by atoms with Crippen molar-refractivity contribution in [1.29, 1.82) is 0 Å². The van der Waals surface area contributed by atoms with Crippen LogP contribution >= 0.6 is 35.7 Å². The van der Waals surface area contributed by atoms with Gasteiger partial charge in [0.2, 0.25) is 0 Å². The molecule has 2 aromatic heterocycles. The highest BCUT2D eigenvalue weighted by atomic mass is 127. The Morgan fingerprint density at radius 2 is 2.08 bits per heavy atom. The number of aromatic nitrogens is 3. The second-order valence-electron chi connectivity index (χ2n) is 5.48. The van der Waals surface area contributed by atoms with Crippen molar-refractivity contribution in [2.75, 3.05) is 25.1 Å². The average molecular weight is 474 g/mol. The van der Waals surface area contributed by atoms with Gasteiger partial charge in [-0.15, -0.1) is 24.0 Å². The first-order chi connectivity index (χ1) is 11.6. The first-order valence-electron chi connectivity index (χ1n) is 8.13. The Bertz CT molecular complexity index is 668. The molecule has 0 bridgehead atoms. The van der Waals surface area contributed by atoms with Crippen molar-refractivity contribution >= 4 is 41.7 Å². The quantitative estimate of drug-likeness (QED) is 0.280. The van der Waals surface area contributed by atoms with Crippen LogP contribution in [0.4, 0.5) is 0 Å². The highest BCUT2D eigenvalue weighted by Gasteiger charge is 2.05. The number of nitrogens with zero attached hydrogens (tertiary/aromatic N) is 4. The maximum absolute atomic E-state index is 4.60. The normalized spacial score (nSPS) is 11.1. The van der Waals surface area contributed by atoms with Gasteiger partial charge < -0.3 is 10.6 Å². The number of pyridine rings is 1. The molecule has 25 heavy (non-hydrogen) atoms. The molecule has 0 spiro atoms. The maximum Gasteiger partial charge on any atom is 0.191 e. The number of hydrogen-bond donors (Lipinski definition) is 2. The Morgan fingerprint density at radius 3 is 2.64 bits per heavy atom. The van der Waals surface area contributed by atoms with E-state index >= 15 is 0 Å². The predicted octanol–water partition coefficient (Wildman–Crippen LogP) is 2.92. The minimum Gasteiger partial charge on any atom is -0.357 e. The van der Waals surface area contributed by atoms with E-state index in [1.54, 1.807) is 0 Å². The summed E-state index contributed by atoms with van der Waals surface area (Å²) in [6.07, 6.45) is 3.96. The number of thioether (sulfide) groups is 1. The van der Waals surface area contributed by atoms with Gasteiger partial charge in [-0.1, -0.05) is 6.07 Å². The Kier molecular flexibility index (Phi) is 9.88. The number of halogens is 1. The molecular weight excluding hydrogens is 447 g/mol. The topological polar surface area (TPSA) is 67.1 Å². The summed E-state index contributed by atoms with van der Waals surface area (Å²) in [5, 5.41) is 11.0. The summed E-state index contributed by atoms with van der Waals surface area (Å²) < 4.78 is 1.86. The van der Waals surface area contributed by atoms with Crippen LogP contribution in [0.5, 0.6) is 0 Å². The van der Waals surface area contributed by atoms with Crippen LogP contribution in [0.15, 0.2) is 29.4 Å². The molecule has 0 fully saturated rings. The van der Waals surface area contributed by atoms with E-state index in [0.29, 0.717) is 6.54 Å². The fraction of sp³-hybridized carbons (Fsp3) is 0.471. The zero-order valence-electron chi connectivity index (χ0n) is 15.2.